The summed E-state index contributed by atoms with van der Waals surface area (Å²) in [6, 6.07) is 5.27. The number of aryl methyl sites for hydroxylation is 2. The molecule has 0 spiro atoms. The van der Waals surface area contributed by atoms with E-state index in [1.165, 1.54) is 23.8 Å². The average Bonchev–Trinajstić information content (AvgIpc) is 2.70. The number of likely N-dealkylation sites (N-methyl/N-ethyl adjacent to an activating group) is 1. The van der Waals surface area contributed by atoms with Crippen LogP contribution in [0.15, 0.2) is 23.0 Å². The number of hydrogen-bond donors (Lipinski definition) is 3. The minimum atomic E-state index is -0.398. The number of amides is 2. The van der Waals surface area contributed by atoms with Crippen LogP contribution in [0.2, 0.25) is 0 Å². The van der Waals surface area contributed by atoms with Crippen molar-refractivity contribution in [3.05, 3.63) is 45.5 Å². The summed E-state index contributed by atoms with van der Waals surface area (Å²) in [5.41, 5.74) is 8.30. The Morgan fingerprint density at radius 3 is 2.56 bits per heavy atom. The van der Waals surface area contributed by atoms with Crippen molar-refractivity contribution in [3.8, 4) is 0 Å². The highest BCUT2D eigenvalue weighted by Gasteiger charge is 2.24. The van der Waals surface area contributed by atoms with Gasteiger partial charge < -0.3 is 25.8 Å². The molecule has 2 amide bonds. The van der Waals surface area contributed by atoms with Gasteiger partial charge in [-0.15, -0.1) is 0 Å². The lowest BCUT2D eigenvalue weighted by Gasteiger charge is -2.28. The summed E-state index contributed by atoms with van der Waals surface area (Å²) in [4.78, 5) is 42.7. The standard InChI is InChI=1S/C18H22N6O3.C5H10/c1-10-6-13-17(22-16(26)8-23(13)3)18(27)24(10)9-15(25)20-7-12-4-5-14(19)21-11(12)2;1-5-3-2-4-5/h4-6H,7-9H2,1-3H3,(H2,19,21)(H,20,25)(H,22,26);5H,2-4H2,1H3. The van der Waals surface area contributed by atoms with Crippen molar-refractivity contribution in [2.75, 3.05) is 29.5 Å². The number of pyridine rings is 2. The van der Waals surface area contributed by atoms with E-state index in [1.807, 2.05) is 6.92 Å². The maximum absolute atomic E-state index is 12.7. The molecule has 32 heavy (non-hydrogen) atoms. The van der Waals surface area contributed by atoms with Crippen LogP contribution in [-0.4, -0.2) is 35.0 Å². The first-order valence-corrected chi connectivity index (χ1v) is 10.9. The van der Waals surface area contributed by atoms with Gasteiger partial charge in [0.05, 0.1) is 12.2 Å². The minimum absolute atomic E-state index is 0.140. The predicted octanol–water partition coefficient (Wildman–Crippen LogP) is 1.95. The van der Waals surface area contributed by atoms with E-state index in [4.69, 9.17) is 5.73 Å². The van der Waals surface area contributed by atoms with E-state index in [0.717, 1.165) is 17.2 Å². The number of nitrogens with zero attached hydrogens (tertiary/aromatic N) is 3. The Morgan fingerprint density at radius 1 is 1.28 bits per heavy atom. The maximum atomic E-state index is 12.7. The second-order valence-corrected chi connectivity index (χ2v) is 8.63. The number of nitrogens with two attached hydrogens (primary N) is 1. The first kappa shape index (κ1) is 23.3. The number of rotatable bonds is 4. The fourth-order valence-electron chi connectivity index (χ4n) is 3.65. The Labute approximate surface area is 188 Å². The molecule has 0 saturated heterocycles. The van der Waals surface area contributed by atoms with Gasteiger partial charge in [-0.25, -0.2) is 4.98 Å². The number of anilines is 3. The molecule has 0 radical (unpaired) electrons. The smallest absolute Gasteiger partial charge is 0.277 e. The lowest BCUT2D eigenvalue weighted by molar-refractivity contribution is -0.122. The first-order valence-electron chi connectivity index (χ1n) is 10.9. The van der Waals surface area contributed by atoms with Crippen molar-refractivity contribution >= 4 is 29.0 Å². The molecular weight excluding hydrogens is 408 g/mol. The molecular formula is C23H32N6O3. The van der Waals surface area contributed by atoms with Crippen molar-refractivity contribution in [2.45, 2.75) is 53.1 Å². The Morgan fingerprint density at radius 2 is 1.97 bits per heavy atom. The van der Waals surface area contributed by atoms with E-state index in [9.17, 15) is 14.4 Å². The van der Waals surface area contributed by atoms with Gasteiger partial charge in [-0.3, -0.25) is 14.4 Å². The van der Waals surface area contributed by atoms with E-state index in [1.54, 1.807) is 37.1 Å². The molecule has 1 fully saturated rings. The molecule has 0 atom stereocenters. The summed E-state index contributed by atoms with van der Waals surface area (Å²) < 4.78 is 1.35. The fraction of sp³-hybridized carbons (Fsp3) is 0.478. The molecule has 0 aromatic carbocycles. The average molecular weight is 441 g/mol. The summed E-state index contributed by atoms with van der Waals surface area (Å²) in [6.45, 7) is 6.21. The summed E-state index contributed by atoms with van der Waals surface area (Å²) in [5.74, 6) is 0.918. The zero-order chi connectivity index (χ0) is 23.4. The number of hydrogen-bond acceptors (Lipinski definition) is 6. The zero-order valence-corrected chi connectivity index (χ0v) is 19.2. The number of nitrogen functional groups attached to an aromatic ring is 1. The molecule has 0 unspecified atom stereocenters. The molecule has 9 nitrogen and oxygen atoms in total. The molecule has 1 aliphatic heterocycles. The van der Waals surface area contributed by atoms with Crippen molar-refractivity contribution in [2.24, 2.45) is 5.92 Å². The number of nitrogens with one attached hydrogen (secondary N) is 2. The second-order valence-electron chi connectivity index (χ2n) is 8.63. The normalized spacial score (nSPS) is 15.1. The highest BCUT2D eigenvalue weighted by Crippen LogP contribution is 2.26. The largest absolute Gasteiger partial charge is 0.384 e. The summed E-state index contributed by atoms with van der Waals surface area (Å²) in [6.07, 6.45) is 4.46. The van der Waals surface area contributed by atoms with Gasteiger partial charge >= 0.3 is 0 Å². The lowest BCUT2D eigenvalue weighted by Crippen LogP contribution is -2.41. The van der Waals surface area contributed by atoms with E-state index >= 15 is 0 Å². The molecule has 2 aromatic rings. The van der Waals surface area contributed by atoms with Crippen LogP contribution in [-0.2, 0) is 22.7 Å². The van der Waals surface area contributed by atoms with Crippen LogP contribution >= 0.6 is 0 Å². The molecule has 4 rings (SSSR count). The first-order chi connectivity index (χ1) is 15.2. The molecule has 3 heterocycles. The zero-order valence-electron chi connectivity index (χ0n) is 19.2. The molecule has 1 aliphatic carbocycles. The molecule has 4 N–H and O–H groups in total. The van der Waals surface area contributed by atoms with Crippen molar-refractivity contribution in [1.82, 2.24) is 14.9 Å². The monoisotopic (exact) mass is 440 g/mol. The van der Waals surface area contributed by atoms with Gasteiger partial charge in [0.2, 0.25) is 11.8 Å². The number of carbonyl (C=O) groups is 2. The van der Waals surface area contributed by atoms with Gasteiger partial charge in [0.25, 0.3) is 5.56 Å². The highest BCUT2D eigenvalue weighted by molar-refractivity contribution is 6.00. The van der Waals surface area contributed by atoms with Crippen LogP contribution < -0.4 is 26.8 Å². The SMILES string of the molecule is CC1CCC1.Cc1nc(N)ccc1CNC(=O)Cn1c(C)cc2c(c1=O)NC(=O)CN2C. The van der Waals surface area contributed by atoms with Crippen LogP contribution in [0.25, 0.3) is 0 Å². The van der Waals surface area contributed by atoms with E-state index in [-0.39, 0.29) is 37.1 Å². The van der Waals surface area contributed by atoms with Crippen LogP contribution in [0.4, 0.5) is 17.2 Å². The van der Waals surface area contributed by atoms with Crippen LogP contribution in [0.1, 0.15) is 43.1 Å². The molecule has 0 bridgehead atoms. The van der Waals surface area contributed by atoms with Gasteiger partial charge in [-0.2, -0.15) is 0 Å². The summed E-state index contributed by atoms with van der Waals surface area (Å²) >= 11 is 0. The third-order valence-electron chi connectivity index (χ3n) is 5.93. The van der Waals surface area contributed by atoms with E-state index in [2.05, 4.69) is 22.5 Å². The van der Waals surface area contributed by atoms with Gasteiger partial charge in [-0.1, -0.05) is 32.3 Å². The van der Waals surface area contributed by atoms with Gasteiger partial charge in [0.1, 0.15) is 18.1 Å². The van der Waals surface area contributed by atoms with Crippen LogP contribution in [0.3, 0.4) is 0 Å². The topological polar surface area (TPSA) is 122 Å². The Kier molecular flexibility index (Phi) is 7.17. The molecule has 2 aromatic heterocycles. The predicted molar refractivity (Wildman–Crippen MR) is 126 cm³/mol. The highest BCUT2D eigenvalue weighted by atomic mass is 16.2. The minimum Gasteiger partial charge on any atom is -0.384 e. The van der Waals surface area contributed by atoms with Gasteiger partial charge in [0.15, 0.2) is 0 Å². The van der Waals surface area contributed by atoms with Crippen molar-refractivity contribution < 1.29 is 9.59 Å². The quantitative estimate of drug-likeness (QED) is 0.668. The number of aromatic nitrogens is 2. The van der Waals surface area contributed by atoms with E-state index < -0.39 is 5.56 Å². The second kappa shape index (κ2) is 9.84. The maximum Gasteiger partial charge on any atom is 0.277 e. The summed E-state index contributed by atoms with van der Waals surface area (Å²) in [7, 11) is 1.75. The van der Waals surface area contributed by atoms with Gasteiger partial charge in [0, 0.05) is 25.0 Å². The number of carbonyl (C=O) groups excluding carboxylic acids is 2. The van der Waals surface area contributed by atoms with Gasteiger partial charge in [-0.05, 0) is 37.5 Å². The van der Waals surface area contributed by atoms with Crippen LogP contribution in [0.5, 0.6) is 0 Å². The molecule has 1 saturated carbocycles. The Bertz CT molecular complexity index is 1070. The van der Waals surface area contributed by atoms with Crippen LogP contribution in [0, 0.1) is 19.8 Å². The molecule has 2 aliphatic rings. The Hall–Kier alpha value is -3.36. The summed E-state index contributed by atoms with van der Waals surface area (Å²) in [5, 5.41) is 5.39. The molecule has 172 valence electrons. The Balaban J connectivity index is 0.000000509. The van der Waals surface area contributed by atoms with E-state index in [0.29, 0.717) is 17.2 Å². The van der Waals surface area contributed by atoms with Crippen molar-refractivity contribution in [1.29, 1.82) is 0 Å². The third-order valence-corrected chi connectivity index (χ3v) is 5.93. The number of fused-ring (bicyclic) bond motifs is 1. The lowest BCUT2D eigenvalue weighted by atomic mass is 9.88. The fourth-order valence-corrected chi connectivity index (χ4v) is 3.65. The molecule has 9 heteroatoms. The van der Waals surface area contributed by atoms with Crippen molar-refractivity contribution in [3.63, 3.8) is 0 Å². The third kappa shape index (κ3) is 5.46.